The molecule has 0 heterocycles. The molecule has 1 unspecified atom stereocenters. The molecule has 70 valence electrons. The molecular weight excluding hydrogens is 154 g/mol. The van der Waals surface area contributed by atoms with Gasteiger partial charge in [-0.2, -0.15) is 0 Å². The third kappa shape index (κ3) is 5.04. The van der Waals surface area contributed by atoms with Crippen molar-refractivity contribution in [3.8, 4) is 0 Å². The average Bonchev–Trinajstić information content (AvgIpc) is 1.96. The van der Waals surface area contributed by atoms with Gasteiger partial charge in [0.1, 0.15) is 6.23 Å². The lowest BCUT2D eigenvalue weighted by Crippen LogP contribution is -2.07. The van der Waals surface area contributed by atoms with Crippen LogP contribution in [0.25, 0.3) is 0 Å². The number of aliphatic hydroxyl groups is 2. The molecule has 0 aliphatic rings. The van der Waals surface area contributed by atoms with E-state index in [4.69, 9.17) is 5.11 Å². The van der Waals surface area contributed by atoms with Crippen molar-refractivity contribution in [1.82, 2.24) is 0 Å². The van der Waals surface area contributed by atoms with Crippen LogP contribution in [-0.4, -0.2) is 28.8 Å². The van der Waals surface area contributed by atoms with Crippen LogP contribution in [0.1, 0.15) is 27.2 Å². The van der Waals surface area contributed by atoms with Crippen molar-refractivity contribution in [2.75, 3.05) is 0 Å². The Labute approximate surface area is 73.5 Å². The smallest absolute Gasteiger partial charge is 0.142 e. The van der Waals surface area contributed by atoms with Crippen molar-refractivity contribution in [2.24, 2.45) is 4.99 Å². The molecule has 0 radical (unpaired) electrons. The standard InChI is InChI=1S/C9H17NO2/c1-4-5-9(7(2)11)6-10-8(3)12/h5-8,11-12H,4H2,1-3H3/b9-5+,10-6?/t7-,8?/m1/s1. The minimum Gasteiger partial charge on any atom is -0.389 e. The molecule has 0 amide bonds. The summed E-state index contributed by atoms with van der Waals surface area (Å²) < 4.78 is 0. The maximum Gasteiger partial charge on any atom is 0.142 e. The molecule has 0 aromatic carbocycles. The highest BCUT2D eigenvalue weighted by atomic mass is 16.3. The summed E-state index contributed by atoms with van der Waals surface area (Å²) in [6.07, 6.45) is 3.03. The summed E-state index contributed by atoms with van der Waals surface area (Å²) in [6.45, 7) is 5.23. The normalized spacial score (nSPS) is 18.2. The first-order chi connectivity index (χ1) is 5.57. The van der Waals surface area contributed by atoms with Gasteiger partial charge in [-0.3, -0.25) is 4.99 Å². The molecule has 0 fully saturated rings. The first kappa shape index (κ1) is 11.3. The molecule has 2 N–H and O–H groups in total. The number of hydrogen-bond acceptors (Lipinski definition) is 3. The fourth-order valence-corrected chi connectivity index (χ4v) is 0.761. The second-order valence-corrected chi connectivity index (χ2v) is 2.70. The molecule has 0 bridgehead atoms. The molecule has 0 aromatic heterocycles. The quantitative estimate of drug-likeness (QED) is 0.623. The van der Waals surface area contributed by atoms with E-state index >= 15 is 0 Å². The van der Waals surface area contributed by atoms with Crippen LogP contribution in [0.15, 0.2) is 16.6 Å². The summed E-state index contributed by atoms with van der Waals surface area (Å²) in [4.78, 5) is 3.77. The molecule has 0 saturated heterocycles. The Morgan fingerprint density at radius 3 is 2.33 bits per heavy atom. The highest BCUT2D eigenvalue weighted by Gasteiger charge is 2.00. The maximum absolute atomic E-state index is 9.21. The van der Waals surface area contributed by atoms with Crippen molar-refractivity contribution >= 4 is 6.21 Å². The first-order valence-electron chi connectivity index (χ1n) is 4.17. The zero-order valence-electron chi connectivity index (χ0n) is 7.86. The molecule has 0 aromatic rings. The number of nitrogens with zero attached hydrogens (tertiary/aromatic N) is 1. The van der Waals surface area contributed by atoms with Crippen molar-refractivity contribution in [2.45, 2.75) is 39.5 Å². The summed E-state index contributed by atoms with van der Waals surface area (Å²) in [5.41, 5.74) is 0.749. The van der Waals surface area contributed by atoms with E-state index < -0.39 is 12.3 Å². The van der Waals surface area contributed by atoms with Crippen molar-refractivity contribution in [3.05, 3.63) is 11.6 Å². The van der Waals surface area contributed by atoms with Crippen LogP contribution in [0.5, 0.6) is 0 Å². The van der Waals surface area contributed by atoms with Gasteiger partial charge in [-0.15, -0.1) is 0 Å². The Balaban J connectivity index is 4.24. The van der Waals surface area contributed by atoms with Crippen LogP contribution in [-0.2, 0) is 0 Å². The largest absolute Gasteiger partial charge is 0.389 e. The zero-order chi connectivity index (χ0) is 9.56. The van der Waals surface area contributed by atoms with Gasteiger partial charge in [0.05, 0.1) is 6.10 Å². The van der Waals surface area contributed by atoms with E-state index in [1.54, 1.807) is 13.8 Å². The predicted molar refractivity (Wildman–Crippen MR) is 50.2 cm³/mol. The first-order valence-corrected chi connectivity index (χ1v) is 4.17. The van der Waals surface area contributed by atoms with Crippen LogP contribution >= 0.6 is 0 Å². The molecule has 0 spiro atoms. The minimum absolute atomic E-state index is 0.521. The highest BCUT2D eigenvalue weighted by Crippen LogP contribution is 2.00. The number of aliphatic imine (C=N–C) groups is 1. The van der Waals surface area contributed by atoms with E-state index in [9.17, 15) is 5.11 Å². The van der Waals surface area contributed by atoms with Gasteiger partial charge in [0, 0.05) is 6.21 Å². The van der Waals surface area contributed by atoms with E-state index in [0.717, 1.165) is 12.0 Å². The Morgan fingerprint density at radius 2 is 2.00 bits per heavy atom. The molecule has 0 aliphatic carbocycles. The van der Waals surface area contributed by atoms with E-state index in [1.165, 1.54) is 6.21 Å². The second kappa shape index (κ2) is 5.91. The van der Waals surface area contributed by atoms with Crippen LogP contribution in [0.4, 0.5) is 0 Å². The van der Waals surface area contributed by atoms with Gasteiger partial charge < -0.3 is 10.2 Å². The summed E-state index contributed by atoms with van der Waals surface area (Å²) in [6, 6.07) is 0. The molecule has 12 heavy (non-hydrogen) atoms. The van der Waals surface area contributed by atoms with Crippen molar-refractivity contribution < 1.29 is 10.2 Å². The van der Waals surface area contributed by atoms with Gasteiger partial charge in [0.15, 0.2) is 0 Å². The summed E-state index contributed by atoms with van der Waals surface area (Å²) in [5, 5.41) is 18.1. The Bertz CT molecular complexity index is 171. The third-order valence-electron chi connectivity index (χ3n) is 1.36. The van der Waals surface area contributed by atoms with Crippen LogP contribution < -0.4 is 0 Å². The Morgan fingerprint density at radius 1 is 1.42 bits per heavy atom. The molecule has 0 saturated carbocycles. The number of aliphatic hydroxyl groups excluding tert-OH is 2. The van der Waals surface area contributed by atoms with Gasteiger partial charge in [0.25, 0.3) is 0 Å². The van der Waals surface area contributed by atoms with Crippen molar-refractivity contribution in [1.29, 1.82) is 0 Å². The highest BCUT2D eigenvalue weighted by molar-refractivity contribution is 5.79. The third-order valence-corrected chi connectivity index (χ3v) is 1.36. The average molecular weight is 171 g/mol. The second-order valence-electron chi connectivity index (χ2n) is 2.70. The summed E-state index contributed by atoms with van der Waals surface area (Å²) in [5.74, 6) is 0. The number of allylic oxidation sites excluding steroid dienone is 1. The van der Waals surface area contributed by atoms with Gasteiger partial charge in [-0.05, 0) is 25.8 Å². The monoisotopic (exact) mass is 171 g/mol. The molecule has 3 nitrogen and oxygen atoms in total. The fraction of sp³-hybridized carbons (Fsp3) is 0.667. The fourth-order valence-electron chi connectivity index (χ4n) is 0.761. The van der Waals surface area contributed by atoms with E-state index in [1.807, 2.05) is 13.0 Å². The molecular formula is C9H17NO2. The molecule has 0 rings (SSSR count). The van der Waals surface area contributed by atoms with E-state index in [-0.39, 0.29) is 0 Å². The SMILES string of the molecule is CC/C=C(\C=NC(C)O)[C@@H](C)O. The summed E-state index contributed by atoms with van der Waals surface area (Å²) >= 11 is 0. The number of hydrogen-bond donors (Lipinski definition) is 2. The molecule has 3 heteroatoms. The van der Waals surface area contributed by atoms with Gasteiger partial charge >= 0.3 is 0 Å². The number of rotatable bonds is 4. The predicted octanol–water partition coefficient (Wildman–Crippen LogP) is 1.11. The minimum atomic E-state index is -0.705. The van der Waals surface area contributed by atoms with Crippen LogP contribution in [0.2, 0.25) is 0 Å². The van der Waals surface area contributed by atoms with Crippen LogP contribution in [0, 0.1) is 0 Å². The lowest BCUT2D eigenvalue weighted by Gasteiger charge is -2.04. The topological polar surface area (TPSA) is 52.8 Å². The van der Waals surface area contributed by atoms with Crippen molar-refractivity contribution in [3.63, 3.8) is 0 Å². The summed E-state index contributed by atoms with van der Waals surface area (Å²) in [7, 11) is 0. The Kier molecular flexibility index (Phi) is 5.58. The van der Waals surface area contributed by atoms with E-state index in [2.05, 4.69) is 4.99 Å². The van der Waals surface area contributed by atoms with Crippen LogP contribution in [0.3, 0.4) is 0 Å². The lowest BCUT2D eigenvalue weighted by molar-refractivity contribution is 0.205. The van der Waals surface area contributed by atoms with Gasteiger partial charge in [0.2, 0.25) is 0 Å². The Hall–Kier alpha value is -0.670. The molecule has 2 atom stereocenters. The van der Waals surface area contributed by atoms with E-state index in [0.29, 0.717) is 0 Å². The zero-order valence-corrected chi connectivity index (χ0v) is 7.86. The van der Waals surface area contributed by atoms with Gasteiger partial charge in [-0.25, -0.2) is 0 Å². The lowest BCUT2D eigenvalue weighted by atomic mass is 10.1. The maximum atomic E-state index is 9.21. The van der Waals surface area contributed by atoms with Gasteiger partial charge in [-0.1, -0.05) is 13.0 Å². The molecule has 0 aliphatic heterocycles.